The van der Waals surface area contributed by atoms with Crippen molar-refractivity contribution < 1.29 is 27.7 Å². The van der Waals surface area contributed by atoms with Crippen molar-refractivity contribution in [1.82, 2.24) is 0 Å². The quantitative estimate of drug-likeness (QED) is 0.687. The van der Waals surface area contributed by atoms with E-state index in [-0.39, 0.29) is 3.72 Å². The summed E-state index contributed by atoms with van der Waals surface area (Å²) >= 11 is -2.95. The second-order valence-electron chi connectivity index (χ2n) is 3.94. The molecule has 0 N–H and O–H groups in total. The van der Waals surface area contributed by atoms with E-state index in [1.165, 1.54) is 25.7 Å². The molecule has 1 rings (SSSR count). The van der Waals surface area contributed by atoms with E-state index in [9.17, 15) is 0 Å². The molecule has 0 amide bonds. The molecule has 0 aliphatic heterocycles. The topological polar surface area (TPSA) is 27.7 Å². The molecule has 0 aromatic heterocycles. The summed E-state index contributed by atoms with van der Waals surface area (Å²) in [4.78, 5) is 0. The first-order valence-corrected chi connectivity index (χ1v) is 7.49. The molecule has 1 saturated carbocycles. The van der Waals surface area contributed by atoms with Crippen molar-refractivity contribution in [3.8, 4) is 0 Å². The van der Waals surface area contributed by atoms with Crippen LogP contribution in [0.1, 0.15) is 32.6 Å². The van der Waals surface area contributed by atoms with Crippen LogP contribution in [0.3, 0.4) is 0 Å². The molecule has 0 heterocycles. The zero-order valence-electron chi connectivity index (χ0n) is 9.05. The molecule has 0 atom stereocenters. The fourth-order valence-corrected chi connectivity index (χ4v) is 7.05. The van der Waals surface area contributed by atoms with E-state index < -0.39 is 17.8 Å². The monoisotopic (exact) mass is 224 g/mol. The predicted molar refractivity (Wildman–Crippen MR) is 47.9 cm³/mol. The first-order chi connectivity index (χ1) is 6.14. The van der Waals surface area contributed by atoms with Gasteiger partial charge in [0, 0.05) is 0 Å². The van der Waals surface area contributed by atoms with Gasteiger partial charge >= 0.3 is 85.4 Å². The molecular formula is C9H20O3Ti. The van der Waals surface area contributed by atoms with Crippen LogP contribution >= 0.6 is 0 Å². The molecule has 13 heavy (non-hydrogen) atoms. The Morgan fingerprint density at radius 3 is 1.62 bits per heavy atom. The Balaban J connectivity index is 2.84. The fourth-order valence-electron chi connectivity index (χ4n) is 2.45. The molecule has 78 valence electrons. The van der Waals surface area contributed by atoms with Gasteiger partial charge in [-0.3, -0.25) is 0 Å². The minimum atomic E-state index is -2.95. The van der Waals surface area contributed by atoms with Gasteiger partial charge in [-0.05, 0) is 0 Å². The number of hydrogen-bond donors (Lipinski definition) is 0. The molecule has 0 spiro atoms. The molecule has 0 aromatic carbocycles. The van der Waals surface area contributed by atoms with Gasteiger partial charge in [0.25, 0.3) is 0 Å². The van der Waals surface area contributed by atoms with Gasteiger partial charge in [-0.1, -0.05) is 0 Å². The third kappa shape index (κ3) is 1.86. The van der Waals surface area contributed by atoms with Crippen LogP contribution in [-0.2, 0) is 27.7 Å². The van der Waals surface area contributed by atoms with Crippen LogP contribution in [0.15, 0.2) is 0 Å². The first kappa shape index (κ1) is 11.7. The summed E-state index contributed by atoms with van der Waals surface area (Å²) in [5, 5.41) is 0. The van der Waals surface area contributed by atoms with Crippen molar-refractivity contribution in [2.45, 2.75) is 36.3 Å². The second-order valence-corrected chi connectivity index (χ2v) is 9.47. The Kier molecular flexibility index (Phi) is 3.96. The third-order valence-corrected chi connectivity index (χ3v) is 8.86. The van der Waals surface area contributed by atoms with Crippen LogP contribution in [-0.4, -0.2) is 21.3 Å². The van der Waals surface area contributed by atoms with Gasteiger partial charge in [-0.15, -0.1) is 0 Å². The van der Waals surface area contributed by atoms with Crippen LogP contribution < -0.4 is 0 Å². The SMILES string of the molecule is C[O][Ti]([O]C)([O]C)[C]1(C)CCCC1. The molecule has 0 bridgehead atoms. The summed E-state index contributed by atoms with van der Waals surface area (Å²) in [6.07, 6.45) is 4.92. The normalized spacial score (nSPS) is 22.2. The molecule has 1 aliphatic carbocycles. The van der Waals surface area contributed by atoms with E-state index in [0.29, 0.717) is 0 Å². The number of rotatable bonds is 4. The van der Waals surface area contributed by atoms with Crippen molar-refractivity contribution in [3.05, 3.63) is 0 Å². The molecular weight excluding hydrogens is 204 g/mol. The van der Waals surface area contributed by atoms with Crippen LogP contribution in [0.4, 0.5) is 0 Å². The van der Waals surface area contributed by atoms with Crippen molar-refractivity contribution in [3.63, 3.8) is 0 Å². The summed E-state index contributed by atoms with van der Waals surface area (Å²) in [7, 11) is 5.16. The van der Waals surface area contributed by atoms with Gasteiger partial charge in [0.15, 0.2) is 0 Å². The Labute approximate surface area is 85.5 Å². The fraction of sp³-hybridized carbons (Fsp3) is 1.00. The summed E-state index contributed by atoms with van der Waals surface area (Å²) in [6.45, 7) is 2.25. The van der Waals surface area contributed by atoms with Crippen LogP contribution in [0, 0.1) is 0 Å². The predicted octanol–water partition coefficient (Wildman–Crippen LogP) is 2.58. The van der Waals surface area contributed by atoms with Gasteiger partial charge in [-0.2, -0.15) is 0 Å². The Hall–Kier alpha value is 0.594. The molecule has 3 nitrogen and oxygen atoms in total. The van der Waals surface area contributed by atoms with Gasteiger partial charge in [0.2, 0.25) is 0 Å². The van der Waals surface area contributed by atoms with E-state index in [1.54, 1.807) is 21.3 Å². The standard InChI is InChI=1S/C6H11.3CH3O.Ti/c1-6-4-2-3-5-6;3*1-2;/h2-5H2,1H3;3*1H3;/q;3*-1;+3. The van der Waals surface area contributed by atoms with Crippen LogP contribution in [0.25, 0.3) is 0 Å². The molecule has 0 unspecified atom stereocenters. The molecule has 1 aliphatic rings. The molecule has 0 aromatic rings. The van der Waals surface area contributed by atoms with E-state index in [1.807, 2.05) is 0 Å². The van der Waals surface area contributed by atoms with Gasteiger partial charge in [0.1, 0.15) is 0 Å². The van der Waals surface area contributed by atoms with E-state index in [0.717, 1.165) is 0 Å². The molecule has 0 saturated heterocycles. The molecule has 0 radical (unpaired) electrons. The zero-order chi connectivity index (χ0) is 9.95. The first-order valence-electron chi connectivity index (χ1n) is 4.79. The molecule has 4 heteroatoms. The van der Waals surface area contributed by atoms with Crippen LogP contribution in [0.2, 0.25) is 3.72 Å². The van der Waals surface area contributed by atoms with Crippen molar-refractivity contribution in [2.75, 3.05) is 21.3 Å². The summed E-state index contributed by atoms with van der Waals surface area (Å²) in [6, 6.07) is 0. The number of hydrogen-bond acceptors (Lipinski definition) is 3. The van der Waals surface area contributed by atoms with E-state index in [2.05, 4.69) is 6.92 Å². The second kappa shape index (κ2) is 4.41. The van der Waals surface area contributed by atoms with Crippen molar-refractivity contribution >= 4 is 0 Å². The van der Waals surface area contributed by atoms with Crippen molar-refractivity contribution in [2.24, 2.45) is 0 Å². The van der Waals surface area contributed by atoms with E-state index >= 15 is 0 Å². The maximum absolute atomic E-state index is 5.57. The average molecular weight is 224 g/mol. The average Bonchev–Trinajstić information content (AvgIpc) is 2.57. The minimum absolute atomic E-state index is 0.179. The summed E-state index contributed by atoms with van der Waals surface area (Å²) < 4.78 is 16.9. The zero-order valence-corrected chi connectivity index (χ0v) is 10.6. The van der Waals surface area contributed by atoms with Crippen molar-refractivity contribution in [1.29, 1.82) is 0 Å². The molecule has 1 fully saturated rings. The van der Waals surface area contributed by atoms with Crippen LogP contribution in [0.5, 0.6) is 0 Å². The summed E-state index contributed by atoms with van der Waals surface area (Å²) in [5.41, 5.74) is 0. The Bertz CT molecular complexity index is 154. The Morgan fingerprint density at radius 2 is 1.31 bits per heavy atom. The van der Waals surface area contributed by atoms with Gasteiger partial charge < -0.3 is 0 Å². The van der Waals surface area contributed by atoms with Gasteiger partial charge in [-0.25, -0.2) is 0 Å². The van der Waals surface area contributed by atoms with E-state index in [4.69, 9.17) is 9.96 Å². The third-order valence-electron chi connectivity index (χ3n) is 3.25. The summed E-state index contributed by atoms with van der Waals surface area (Å²) in [5.74, 6) is 0. The maximum atomic E-state index is 5.57. The Morgan fingerprint density at radius 1 is 0.923 bits per heavy atom. The van der Waals surface area contributed by atoms with Gasteiger partial charge in [0.05, 0.1) is 0 Å².